The van der Waals surface area contributed by atoms with Crippen molar-refractivity contribution in [3.05, 3.63) is 0 Å². The van der Waals surface area contributed by atoms with E-state index in [2.05, 4.69) is 20.8 Å². The van der Waals surface area contributed by atoms with E-state index in [0.29, 0.717) is 16.2 Å². The predicted octanol–water partition coefficient (Wildman–Crippen LogP) is 3.47. The second-order valence-electron chi connectivity index (χ2n) is 7.90. The summed E-state index contributed by atoms with van der Waals surface area (Å²) in [6.45, 7) is 7.37. The van der Waals surface area contributed by atoms with Crippen molar-refractivity contribution in [1.82, 2.24) is 0 Å². The molecule has 0 saturated heterocycles. The van der Waals surface area contributed by atoms with Crippen LogP contribution >= 0.6 is 0 Å². The number of hydrogen-bond donors (Lipinski definition) is 1. The predicted molar refractivity (Wildman–Crippen MR) is 63.6 cm³/mol. The first-order valence-electron chi connectivity index (χ1n) is 6.59. The summed E-state index contributed by atoms with van der Waals surface area (Å²) in [6.07, 6.45) is 9.56. The summed E-state index contributed by atoms with van der Waals surface area (Å²) in [5, 5.41) is 0. The molecule has 0 heterocycles. The molecule has 4 rings (SSSR count). The highest BCUT2D eigenvalue weighted by Crippen LogP contribution is 2.70. The van der Waals surface area contributed by atoms with E-state index in [1.54, 1.807) is 0 Å². The minimum atomic E-state index is 0.189. The average molecular weight is 207 g/mol. The third-order valence-corrected chi connectivity index (χ3v) is 5.49. The van der Waals surface area contributed by atoms with Crippen LogP contribution in [0.4, 0.5) is 0 Å². The summed E-state index contributed by atoms with van der Waals surface area (Å²) in [5.41, 5.74) is 8.57. The van der Waals surface area contributed by atoms with Gasteiger partial charge in [0.2, 0.25) is 0 Å². The van der Waals surface area contributed by atoms with E-state index in [-0.39, 0.29) is 5.54 Å². The van der Waals surface area contributed by atoms with E-state index in [0.717, 1.165) is 0 Å². The Hall–Kier alpha value is -0.0400. The van der Waals surface area contributed by atoms with Crippen LogP contribution in [0.25, 0.3) is 0 Å². The lowest BCUT2D eigenvalue weighted by Crippen LogP contribution is -2.65. The van der Waals surface area contributed by atoms with Gasteiger partial charge in [0.15, 0.2) is 0 Å². The van der Waals surface area contributed by atoms with Gasteiger partial charge in [-0.1, -0.05) is 27.2 Å². The van der Waals surface area contributed by atoms with E-state index in [1.807, 2.05) is 0 Å². The molecule has 15 heavy (non-hydrogen) atoms. The van der Waals surface area contributed by atoms with Crippen LogP contribution < -0.4 is 5.73 Å². The second kappa shape index (κ2) is 2.45. The Bertz CT molecular complexity index is 253. The van der Waals surface area contributed by atoms with Crippen molar-refractivity contribution < 1.29 is 0 Å². The monoisotopic (exact) mass is 207 g/mol. The number of nitrogens with two attached hydrogens (primary N) is 1. The van der Waals surface area contributed by atoms with Gasteiger partial charge in [0, 0.05) is 5.54 Å². The molecule has 2 N–H and O–H groups in total. The third kappa shape index (κ3) is 1.32. The Kier molecular flexibility index (Phi) is 1.65. The fourth-order valence-electron chi connectivity index (χ4n) is 6.41. The van der Waals surface area contributed by atoms with Crippen LogP contribution in [0.3, 0.4) is 0 Å². The van der Waals surface area contributed by atoms with Crippen LogP contribution in [-0.4, -0.2) is 5.54 Å². The van der Waals surface area contributed by atoms with Gasteiger partial charge in [0.1, 0.15) is 0 Å². The van der Waals surface area contributed by atoms with Gasteiger partial charge in [0.05, 0.1) is 0 Å². The Labute approximate surface area is 93.8 Å². The van der Waals surface area contributed by atoms with Crippen molar-refractivity contribution in [2.45, 2.75) is 71.3 Å². The molecule has 0 aromatic carbocycles. The Balaban J connectivity index is 2.06. The SMILES string of the molecule is CCC12CC3(C)CC(C)(CC(N)(C3)C1)C2. The molecule has 0 radical (unpaired) electrons. The molecule has 4 aliphatic rings. The maximum absolute atomic E-state index is 6.65. The first-order chi connectivity index (χ1) is 6.80. The van der Waals surface area contributed by atoms with Crippen molar-refractivity contribution >= 4 is 0 Å². The van der Waals surface area contributed by atoms with Gasteiger partial charge in [0.25, 0.3) is 0 Å². The number of hydrogen-bond acceptors (Lipinski definition) is 1. The quantitative estimate of drug-likeness (QED) is 0.700. The topological polar surface area (TPSA) is 26.0 Å². The zero-order chi connectivity index (χ0) is 10.9. The van der Waals surface area contributed by atoms with Gasteiger partial charge in [-0.3, -0.25) is 0 Å². The molecule has 1 nitrogen and oxygen atoms in total. The zero-order valence-electron chi connectivity index (χ0n) is 10.5. The molecule has 0 aromatic rings. The molecule has 4 bridgehead atoms. The average Bonchev–Trinajstić information content (AvgIpc) is 1.94. The van der Waals surface area contributed by atoms with Crippen LogP contribution in [0, 0.1) is 16.2 Å². The maximum atomic E-state index is 6.65. The molecule has 1 heteroatoms. The summed E-state index contributed by atoms with van der Waals surface area (Å²) in [4.78, 5) is 0. The van der Waals surface area contributed by atoms with Crippen molar-refractivity contribution in [2.24, 2.45) is 22.0 Å². The lowest BCUT2D eigenvalue weighted by atomic mass is 9.38. The molecule has 0 spiro atoms. The van der Waals surface area contributed by atoms with Crippen molar-refractivity contribution in [3.63, 3.8) is 0 Å². The highest BCUT2D eigenvalue weighted by Gasteiger charge is 2.63. The minimum Gasteiger partial charge on any atom is -0.325 e. The van der Waals surface area contributed by atoms with Gasteiger partial charge < -0.3 is 5.73 Å². The van der Waals surface area contributed by atoms with Gasteiger partial charge in [-0.25, -0.2) is 0 Å². The van der Waals surface area contributed by atoms with Gasteiger partial charge in [-0.15, -0.1) is 0 Å². The Morgan fingerprint density at radius 2 is 1.40 bits per heavy atom. The lowest BCUT2D eigenvalue weighted by molar-refractivity contribution is -0.156. The fourth-order valence-corrected chi connectivity index (χ4v) is 6.41. The van der Waals surface area contributed by atoms with Gasteiger partial charge in [-0.05, 0) is 54.8 Å². The summed E-state index contributed by atoms with van der Waals surface area (Å²) in [7, 11) is 0. The summed E-state index contributed by atoms with van der Waals surface area (Å²) in [6, 6.07) is 0. The molecule has 2 atom stereocenters. The summed E-state index contributed by atoms with van der Waals surface area (Å²) in [5.74, 6) is 0. The molecule has 4 saturated carbocycles. The van der Waals surface area contributed by atoms with Gasteiger partial charge in [-0.2, -0.15) is 0 Å². The molecule has 86 valence electrons. The van der Waals surface area contributed by atoms with Crippen LogP contribution in [-0.2, 0) is 0 Å². The molecule has 2 unspecified atom stereocenters. The minimum absolute atomic E-state index is 0.189. The highest BCUT2D eigenvalue weighted by molar-refractivity contribution is 5.17. The Morgan fingerprint density at radius 3 is 1.80 bits per heavy atom. The first-order valence-corrected chi connectivity index (χ1v) is 6.59. The molecular weight excluding hydrogens is 182 g/mol. The van der Waals surface area contributed by atoms with E-state index in [9.17, 15) is 0 Å². The smallest absolute Gasteiger partial charge is 0.0170 e. The molecule has 4 aliphatic carbocycles. The lowest BCUT2D eigenvalue weighted by Gasteiger charge is -2.69. The zero-order valence-corrected chi connectivity index (χ0v) is 10.5. The fraction of sp³-hybridized carbons (Fsp3) is 1.00. The van der Waals surface area contributed by atoms with E-state index >= 15 is 0 Å². The van der Waals surface area contributed by atoms with Crippen molar-refractivity contribution in [2.75, 3.05) is 0 Å². The molecule has 0 aliphatic heterocycles. The van der Waals surface area contributed by atoms with E-state index in [4.69, 9.17) is 5.73 Å². The largest absolute Gasteiger partial charge is 0.325 e. The summed E-state index contributed by atoms with van der Waals surface area (Å²) >= 11 is 0. The molecule has 0 amide bonds. The molecular formula is C14H25N. The standard InChI is InChI=1S/C14H25N/c1-4-13-6-11(2)5-12(3,7-13)9-14(15,8-11)10-13/h4-10,15H2,1-3H3. The first kappa shape index (κ1) is 10.1. The van der Waals surface area contributed by atoms with Crippen LogP contribution in [0.2, 0.25) is 0 Å². The van der Waals surface area contributed by atoms with Gasteiger partial charge >= 0.3 is 0 Å². The highest BCUT2D eigenvalue weighted by atomic mass is 14.8. The molecule has 4 fully saturated rings. The van der Waals surface area contributed by atoms with Crippen LogP contribution in [0.15, 0.2) is 0 Å². The van der Waals surface area contributed by atoms with E-state index in [1.165, 1.54) is 44.9 Å². The molecule has 0 aromatic heterocycles. The van der Waals surface area contributed by atoms with E-state index < -0.39 is 0 Å². The number of rotatable bonds is 1. The van der Waals surface area contributed by atoms with Crippen LogP contribution in [0.5, 0.6) is 0 Å². The normalized spacial score (nSPS) is 62.4. The van der Waals surface area contributed by atoms with Crippen LogP contribution in [0.1, 0.15) is 65.7 Å². The summed E-state index contributed by atoms with van der Waals surface area (Å²) < 4.78 is 0. The van der Waals surface area contributed by atoms with Crippen molar-refractivity contribution in [1.29, 1.82) is 0 Å². The third-order valence-electron chi connectivity index (χ3n) is 5.49. The van der Waals surface area contributed by atoms with Crippen molar-refractivity contribution in [3.8, 4) is 0 Å². The second-order valence-corrected chi connectivity index (χ2v) is 7.90. The maximum Gasteiger partial charge on any atom is 0.0170 e. The Morgan fingerprint density at radius 1 is 0.867 bits per heavy atom.